The van der Waals surface area contributed by atoms with Crippen LogP contribution in [0.3, 0.4) is 0 Å². The molecule has 0 aliphatic heterocycles. The van der Waals surface area contributed by atoms with E-state index in [0.29, 0.717) is 6.04 Å². The second kappa shape index (κ2) is 12.8. The summed E-state index contributed by atoms with van der Waals surface area (Å²) in [5.41, 5.74) is 2.86. The minimum absolute atomic E-state index is 0.632. The number of unbranched alkanes of at least 4 members (excludes halogenated alkanes) is 10. The van der Waals surface area contributed by atoms with Gasteiger partial charge in [0.15, 0.2) is 0 Å². The highest BCUT2D eigenvalue weighted by atomic mass is 15.0. The van der Waals surface area contributed by atoms with Gasteiger partial charge in [-0.15, -0.1) is 0 Å². The van der Waals surface area contributed by atoms with Gasteiger partial charge < -0.3 is 4.57 Å². The Bertz CT molecular complexity index is 790. The van der Waals surface area contributed by atoms with Gasteiger partial charge in [0.1, 0.15) is 0 Å². The summed E-state index contributed by atoms with van der Waals surface area (Å²) in [5, 5.41) is 2.84. The van der Waals surface area contributed by atoms with Crippen molar-refractivity contribution in [2.24, 2.45) is 0 Å². The number of para-hydroxylation sites is 2. The van der Waals surface area contributed by atoms with E-state index in [1.807, 2.05) is 0 Å². The molecule has 0 saturated heterocycles. The molecule has 0 spiro atoms. The summed E-state index contributed by atoms with van der Waals surface area (Å²) in [7, 11) is 0. The van der Waals surface area contributed by atoms with Crippen molar-refractivity contribution in [1.29, 1.82) is 0 Å². The molecule has 1 heterocycles. The minimum atomic E-state index is 0.632. The molecule has 0 fully saturated rings. The highest BCUT2D eigenvalue weighted by molar-refractivity contribution is 6.08. The highest BCUT2D eigenvalue weighted by Crippen LogP contribution is 2.35. The van der Waals surface area contributed by atoms with Gasteiger partial charge in [-0.1, -0.05) is 127 Å². The van der Waals surface area contributed by atoms with Crippen LogP contribution >= 0.6 is 0 Å². The summed E-state index contributed by atoms with van der Waals surface area (Å²) in [6.45, 7) is 4.61. The maximum Gasteiger partial charge on any atom is 0.0493 e. The Morgan fingerprint density at radius 3 is 1.40 bits per heavy atom. The normalized spacial score (nSPS) is 11.8. The Balaban J connectivity index is 1.74. The van der Waals surface area contributed by atoms with Crippen molar-refractivity contribution < 1.29 is 0 Å². The van der Waals surface area contributed by atoms with Crippen molar-refractivity contribution >= 4 is 21.8 Å². The zero-order valence-electron chi connectivity index (χ0n) is 19.5. The smallest absolute Gasteiger partial charge is 0.0493 e. The number of rotatable bonds is 15. The van der Waals surface area contributed by atoms with Crippen molar-refractivity contribution in [1.82, 2.24) is 4.57 Å². The van der Waals surface area contributed by atoms with Crippen LogP contribution in [0.2, 0.25) is 0 Å². The Morgan fingerprint density at radius 1 is 0.533 bits per heavy atom. The molecule has 0 amide bonds. The second-order valence-corrected chi connectivity index (χ2v) is 9.17. The van der Waals surface area contributed by atoms with E-state index < -0.39 is 0 Å². The third kappa shape index (κ3) is 6.13. The fraction of sp³-hybridized carbons (Fsp3) is 0.586. The number of benzene rings is 2. The van der Waals surface area contributed by atoms with E-state index in [9.17, 15) is 0 Å². The summed E-state index contributed by atoms with van der Waals surface area (Å²) in [6.07, 6.45) is 19.3. The predicted octanol–water partition coefficient (Wildman–Crippen LogP) is 9.84. The first kappa shape index (κ1) is 22.9. The average Bonchev–Trinajstić information content (AvgIpc) is 3.11. The molecule has 0 radical (unpaired) electrons. The van der Waals surface area contributed by atoms with Crippen LogP contribution in [0.5, 0.6) is 0 Å². The minimum Gasteiger partial charge on any atom is -0.337 e. The van der Waals surface area contributed by atoms with Gasteiger partial charge in [-0.25, -0.2) is 0 Å². The summed E-state index contributed by atoms with van der Waals surface area (Å²) < 4.78 is 2.70. The topological polar surface area (TPSA) is 4.93 Å². The van der Waals surface area contributed by atoms with Gasteiger partial charge in [-0.2, -0.15) is 0 Å². The molecule has 3 aromatic rings. The van der Waals surface area contributed by atoms with Crippen LogP contribution in [0, 0.1) is 0 Å². The number of aromatic nitrogens is 1. The Morgan fingerprint density at radius 2 is 0.933 bits per heavy atom. The third-order valence-corrected chi connectivity index (χ3v) is 6.76. The van der Waals surface area contributed by atoms with Gasteiger partial charge in [-0.05, 0) is 25.0 Å². The monoisotopic (exact) mass is 405 g/mol. The Kier molecular flexibility index (Phi) is 9.80. The molecule has 0 N–H and O–H groups in total. The lowest BCUT2D eigenvalue weighted by Crippen LogP contribution is -2.09. The first-order valence-electron chi connectivity index (χ1n) is 12.8. The van der Waals surface area contributed by atoms with Gasteiger partial charge in [0, 0.05) is 27.8 Å². The number of fused-ring (bicyclic) bond motifs is 3. The van der Waals surface area contributed by atoms with E-state index in [1.54, 1.807) is 0 Å². The molecule has 30 heavy (non-hydrogen) atoms. The average molecular weight is 406 g/mol. The molecular formula is C29H43N. The van der Waals surface area contributed by atoms with Crippen LogP contribution in [-0.4, -0.2) is 4.57 Å². The molecule has 164 valence electrons. The standard InChI is InChI=1S/C29H43N/c1-3-5-7-9-11-13-19-25(20-14-12-10-8-6-4-2)30-28-23-17-15-21-26(28)27-22-16-18-24-29(27)30/h15-18,21-25H,3-14,19-20H2,1-2H3. The van der Waals surface area contributed by atoms with Crippen molar-refractivity contribution in [3.8, 4) is 0 Å². The SMILES string of the molecule is CCCCCCCCC(CCCCCCCC)n1c2ccccc2c2ccccc21. The second-order valence-electron chi connectivity index (χ2n) is 9.17. The van der Waals surface area contributed by atoms with E-state index >= 15 is 0 Å². The molecule has 0 atom stereocenters. The number of hydrogen-bond donors (Lipinski definition) is 0. The van der Waals surface area contributed by atoms with Crippen molar-refractivity contribution in [2.75, 3.05) is 0 Å². The first-order valence-corrected chi connectivity index (χ1v) is 12.8. The van der Waals surface area contributed by atoms with Crippen LogP contribution in [0.25, 0.3) is 21.8 Å². The van der Waals surface area contributed by atoms with E-state index in [4.69, 9.17) is 0 Å². The zero-order chi connectivity index (χ0) is 21.0. The molecule has 0 saturated carbocycles. The van der Waals surface area contributed by atoms with E-state index in [0.717, 1.165) is 0 Å². The van der Waals surface area contributed by atoms with Gasteiger partial charge in [0.25, 0.3) is 0 Å². The van der Waals surface area contributed by atoms with Crippen LogP contribution < -0.4 is 0 Å². The van der Waals surface area contributed by atoms with Crippen LogP contribution in [-0.2, 0) is 0 Å². The van der Waals surface area contributed by atoms with Crippen molar-refractivity contribution in [2.45, 2.75) is 110 Å². The largest absolute Gasteiger partial charge is 0.337 e. The quantitative estimate of drug-likeness (QED) is 0.222. The lowest BCUT2D eigenvalue weighted by atomic mass is 9.99. The molecule has 1 nitrogen and oxygen atoms in total. The molecule has 3 rings (SSSR count). The predicted molar refractivity (Wildman–Crippen MR) is 134 cm³/mol. The fourth-order valence-electron chi connectivity index (χ4n) is 5.07. The van der Waals surface area contributed by atoms with E-state index in [1.165, 1.54) is 112 Å². The van der Waals surface area contributed by atoms with Crippen LogP contribution in [0.4, 0.5) is 0 Å². The Labute approximate surface area is 184 Å². The molecule has 0 unspecified atom stereocenters. The maximum atomic E-state index is 2.70. The van der Waals surface area contributed by atoms with Crippen molar-refractivity contribution in [3.63, 3.8) is 0 Å². The third-order valence-electron chi connectivity index (χ3n) is 6.76. The van der Waals surface area contributed by atoms with Gasteiger partial charge in [0.2, 0.25) is 0 Å². The van der Waals surface area contributed by atoms with Crippen molar-refractivity contribution in [3.05, 3.63) is 48.5 Å². The lowest BCUT2D eigenvalue weighted by molar-refractivity contribution is 0.410. The molecule has 0 bridgehead atoms. The van der Waals surface area contributed by atoms with Crippen LogP contribution in [0.15, 0.2) is 48.5 Å². The van der Waals surface area contributed by atoms with Gasteiger partial charge >= 0.3 is 0 Å². The molecule has 1 heteroatoms. The molecule has 2 aromatic carbocycles. The van der Waals surface area contributed by atoms with Gasteiger partial charge in [0.05, 0.1) is 0 Å². The molecular weight excluding hydrogens is 362 g/mol. The number of hydrogen-bond acceptors (Lipinski definition) is 0. The highest BCUT2D eigenvalue weighted by Gasteiger charge is 2.17. The fourth-order valence-corrected chi connectivity index (χ4v) is 5.07. The van der Waals surface area contributed by atoms with E-state index in [-0.39, 0.29) is 0 Å². The molecule has 0 aliphatic rings. The van der Waals surface area contributed by atoms with Gasteiger partial charge in [-0.3, -0.25) is 0 Å². The summed E-state index contributed by atoms with van der Waals surface area (Å²) in [6, 6.07) is 18.7. The van der Waals surface area contributed by atoms with Crippen LogP contribution in [0.1, 0.15) is 110 Å². The first-order chi connectivity index (χ1) is 14.9. The maximum absolute atomic E-state index is 2.70. The summed E-state index contributed by atoms with van der Waals surface area (Å²) in [4.78, 5) is 0. The number of nitrogens with zero attached hydrogens (tertiary/aromatic N) is 1. The zero-order valence-corrected chi connectivity index (χ0v) is 19.5. The summed E-state index contributed by atoms with van der Waals surface area (Å²) >= 11 is 0. The molecule has 0 aliphatic carbocycles. The van der Waals surface area contributed by atoms with E-state index in [2.05, 4.69) is 66.9 Å². The lowest BCUT2D eigenvalue weighted by Gasteiger charge is -2.22. The molecule has 1 aromatic heterocycles. The Hall–Kier alpha value is -1.76. The summed E-state index contributed by atoms with van der Waals surface area (Å²) in [5.74, 6) is 0.